The van der Waals surface area contributed by atoms with Gasteiger partial charge in [-0.25, -0.2) is 4.39 Å². The maximum Gasteiger partial charge on any atom is 0.419 e. The molecular weight excluding hydrogens is 286 g/mol. The third-order valence-electron chi connectivity index (χ3n) is 2.94. The summed E-state index contributed by atoms with van der Waals surface area (Å²) in [6.45, 7) is 0.685. The normalized spacial score (nSPS) is 19.8. The Morgan fingerprint density at radius 2 is 2.05 bits per heavy atom. The maximum atomic E-state index is 13.1. The number of alkyl halides is 4. The quantitative estimate of drug-likeness (QED) is 0.575. The Hall–Kier alpha value is -1.30. The number of halogens is 5. The van der Waals surface area contributed by atoms with Crippen molar-refractivity contribution >= 4 is 17.5 Å². The minimum atomic E-state index is -4.82. The minimum absolute atomic E-state index is 0.181. The van der Waals surface area contributed by atoms with E-state index in [9.17, 15) is 22.4 Å². The van der Waals surface area contributed by atoms with E-state index in [1.54, 1.807) is 0 Å². The molecule has 1 unspecified atom stereocenters. The van der Waals surface area contributed by atoms with Crippen LogP contribution in [-0.2, 0) is 6.18 Å². The zero-order valence-electron chi connectivity index (χ0n) is 9.68. The lowest BCUT2D eigenvalue weighted by Gasteiger charge is -2.16. The van der Waals surface area contributed by atoms with E-state index in [0.717, 1.165) is 6.07 Å². The second kappa shape index (κ2) is 5.00. The fourth-order valence-corrected chi connectivity index (χ4v) is 2.22. The van der Waals surface area contributed by atoms with Gasteiger partial charge in [-0.15, -0.1) is 11.6 Å². The summed E-state index contributed by atoms with van der Waals surface area (Å²) in [6.07, 6.45) is -4.22. The van der Waals surface area contributed by atoms with Gasteiger partial charge in [0.25, 0.3) is 5.91 Å². The molecule has 1 heterocycles. The van der Waals surface area contributed by atoms with Gasteiger partial charge >= 0.3 is 6.18 Å². The van der Waals surface area contributed by atoms with Gasteiger partial charge < -0.3 is 4.90 Å². The topological polar surface area (TPSA) is 20.3 Å². The highest BCUT2D eigenvalue weighted by molar-refractivity contribution is 6.21. The Morgan fingerprint density at radius 3 is 2.58 bits per heavy atom. The average molecular weight is 296 g/mol. The van der Waals surface area contributed by atoms with Gasteiger partial charge in [0.2, 0.25) is 0 Å². The zero-order chi connectivity index (χ0) is 14.2. The van der Waals surface area contributed by atoms with Crippen LogP contribution in [0, 0.1) is 5.82 Å². The Bertz CT molecular complexity index is 503. The van der Waals surface area contributed by atoms with E-state index in [2.05, 4.69) is 0 Å². The number of carbonyl (C=O) groups excluding carboxylic acids is 1. The van der Waals surface area contributed by atoms with Gasteiger partial charge in [-0.05, 0) is 24.6 Å². The Kier molecular flexibility index (Phi) is 3.71. The number of likely N-dealkylation sites (tertiary alicyclic amines) is 1. The molecule has 0 aliphatic carbocycles. The molecule has 1 aromatic carbocycles. The van der Waals surface area contributed by atoms with Crippen LogP contribution in [0.25, 0.3) is 0 Å². The monoisotopic (exact) mass is 295 g/mol. The van der Waals surface area contributed by atoms with Crippen molar-refractivity contribution in [2.75, 3.05) is 13.1 Å². The van der Waals surface area contributed by atoms with Crippen LogP contribution in [0.5, 0.6) is 0 Å². The fourth-order valence-electron chi connectivity index (χ4n) is 1.96. The first-order valence-corrected chi connectivity index (χ1v) is 6.03. The first-order chi connectivity index (χ1) is 8.79. The molecule has 1 aliphatic heterocycles. The predicted octanol–water partition coefficient (Wildman–Crippen LogP) is 3.30. The van der Waals surface area contributed by atoms with Gasteiger partial charge in [-0.1, -0.05) is 0 Å². The molecule has 1 fully saturated rings. The second-order valence-electron chi connectivity index (χ2n) is 4.33. The number of carbonyl (C=O) groups is 1. The molecule has 7 heteroatoms. The van der Waals surface area contributed by atoms with Crippen molar-refractivity contribution < 1.29 is 22.4 Å². The molecule has 1 saturated heterocycles. The summed E-state index contributed by atoms with van der Waals surface area (Å²) in [7, 11) is 0. The molecule has 1 aliphatic rings. The fraction of sp³-hybridized carbons (Fsp3) is 0.417. The lowest BCUT2D eigenvalue weighted by Crippen LogP contribution is -2.29. The number of rotatable bonds is 1. The molecule has 0 aromatic heterocycles. The first-order valence-electron chi connectivity index (χ1n) is 5.59. The molecule has 19 heavy (non-hydrogen) atoms. The summed E-state index contributed by atoms with van der Waals surface area (Å²) in [5.74, 6) is -1.95. The number of nitrogens with zero attached hydrogens (tertiary/aromatic N) is 1. The summed E-state index contributed by atoms with van der Waals surface area (Å²) >= 11 is 5.83. The van der Waals surface area contributed by atoms with Crippen molar-refractivity contribution in [1.29, 1.82) is 0 Å². The van der Waals surface area contributed by atoms with Crippen molar-refractivity contribution in [2.45, 2.75) is 18.0 Å². The standard InChI is InChI=1S/C12H10ClF4NO/c13-8-3-4-18(6-8)11(19)7-1-2-10(14)9(5-7)12(15,16)17/h1-2,5,8H,3-4,6H2. The highest BCUT2D eigenvalue weighted by atomic mass is 35.5. The van der Waals surface area contributed by atoms with Crippen LogP contribution in [0.1, 0.15) is 22.3 Å². The van der Waals surface area contributed by atoms with Gasteiger partial charge in [-0.2, -0.15) is 13.2 Å². The lowest BCUT2D eigenvalue weighted by atomic mass is 10.1. The predicted molar refractivity (Wildman–Crippen MR) is 61.6 cm³/mol. The largest absolute Gasteiger partial charge is 0.419 e. The molecule has 0 bridgehead atoms. The van der Waals surface area contributed by atoms with Gasteiger partial charge in [0.1, 0.15) is 5.82 Å². The first kappa shape index (κ1) is 14.1. The van der Waals surface area contributed by atoms with E-state index in [0.29, 0.717) is 31.6 Å². The molecule has 0 N–H and O–H groups in total. The molecular formula is C12H10ClF4NO. The average Bonchev–Trinajstić information content (AvgIpc) is 2.74. The second-order valence-corrected chi connectivity index (χ2v) is 4.95. The third-order valence-corrected chi connectivity index (χ3v) is 3.29. The number of hydrogen-bond donors (Lipinski definition) is 0. The van der Waals surface area contributed by atoms with Gasteiger partial charge in [-0.3, -0.25) is 4.79 Å². The number of benzene rings is 1. The SMILES string of the molecule is O=C(c1ccc(F)c(C(F)(F)F)c1)N1CCC(Cl)C1. The highest BCUT2D eigenvalue weighted by Crippen LogP contribution is 2.32. The maximum absolute atomic E-state index is 13.1. The van der Waals surface area contributed by atoms with Crippen LogP contribution in [0.4, 0.5) is 17.6 Å². The Balaban J connectivity index is 2.28. The molecule has 0 radical (unpaired) electrons. The van der Waals surface area contributed by atoms with Crippen molar-refractivity contribution in [1.82, 2.24) is 4.90 Å². The molecule has 104 valence electrons. The number of amides is 1. The molecule has 1 aromatic rings. The summed E-state index contributed by atoms with van der Waals surface area (Å²) in [5, 5.41) is -0.188. The Morgan fingerprint density at radius 1 is 1.37 bits per heavy atom. The molecule has 1 amide bonds. The summed E-state index contributed by atoms with van der Waals surface area (Å²) < 4.78 is 50.7. The van der Waals surface area contributed by atoms with Crippen LogP contribution in [0.2, 0.25) is 0 Å². The zero-order valence-corrected chi connectivity index (χ0v) is 10.4. The number of hydrogen-bond acceptors (Lipinski definition) is 1. The summed E-state index contributed by atoms with van der Waals surface area (Å²) in [6, 6.07) is 2.25. The molecule has 0 spiro atoms. The van der Waals surface area contributed by atoms with Crippen molar-refractivity contribution in [2.24, 2.45) is 0 Å². The van der Waals surface area contributed by atoms with Crippen LogP contribution < -0.4 is 0 Å². The van der Waals surface area contributed by atoms with E-state index in [-0.39, 0.29) is 10.9 Å². The smallest absolute Gasteiger partial charge is 0.337 e. The van der Waals surface area contributed by atoms with Crippen molar-refractivity contribution in [3.63, 3.8) is 0 Å². The Labute approximate surface area is 112 Å². The minimum Gasteiger partial charge on any atom is -0.337 e. The van der Waals surface area contributed by atoms with Crippen LogP contribution in [0.15, 0.2) is 18.2 Å². The van der Waals surface area contributed by atoms with Crippen molar-refractivity contribution in [3.05, 3.63) is 35.1 Å². The molecule has 0 saturated carbocycles. The van der Waals surface area contributed by atoms with Gasteiger partial charge in [0.15, 0.2) is 0 Å². The van der Waals surface area contributed by atoms with E-state index < -0.39 is 23.5 Å². The van der Waals surface area contributed by atoms with E-state index in [1.807, 2.05) is 0 Å². The molecule has 2 rings (SSSR count). The van der Waals surface area contributed by atoms with E-state index in [1.165, 1.54) is 4.90 Å². The van der Waals surface area contributed by atoms with Crippen molar-refractivity contribution in [3.8, 4) is 0 Å². The third kappa shape index (κ3) is 3.00. The van der Waals surface area contributed by atoms with E-state index >= 15 is 0 Å². The summed E-state index contributed by atoms with van der Waals surface area (Å²) in [5.41, 5.74) is -1.61. The van der Waals surface area contributed by atoms with E-state index in [4.69, 9.17) is 11.6 Å². The van der Waals surface area contributed by atoms with Crippen LogP contribution >= 0.6 is 11.6 Å². The van der Waals surface area contributed by atoms with Crippen LogP contribution in [0.3, 0.4) is 0 Å². The molecule has 1 atom stereocenters. The van der Waals surface area contributed by atoms with Gasteiger partial charge in [0.05, 0.1) is 10.9 Å². The van der Waals surface area contributed by atoms with Crippen LogP contribution in [-0.4, -0.2) is 29.3 Å². The molecule has 2 nitrogen and oxygen atoms in total. The highest BCUT2D eigenvalue weighted by Gasteiger charge is 2.35. The lowest BCUT2D eigenvalue weighted by molar-refractivity contribution is -0.140. The van der Waals surface area contributed by atoms with Gasteiger partial charge in [0, 0.05) is 18.7 Å². The summed E-state index contributed by atoms with van der Waals surface area (Å²) in [4.78, 5) is 13.3.